The van der Waals surface area contributed by atoms with Crippen LogP contribution in [0.5, 0.6) is 0 Å². The van der Waals surface area contributed by atoms with E-state index in [2.05, 4.69) is 13.8 Å². The van der Waals surface area contributed by atoms with E-state index in [1.54, 1.807) is 12.1 Å². The zero-order valence-corrected chi connectivity index (χ0v) is 33.1. The summed E-state index contributed by atoms with van der Waals surface area (Å²) in [7, 11) is 0. The number of hydrogen-bond acceptors (Lipinski definition) is 1. The van der Waals surface area contributed by atoms with Gasteiger partial charge in [-0.05, 0) is 137 Å². The Balaban J connectivity index is 1.14. The smallest absolute Gasteiger partial charge is 0.131 e. The van der Waals surface area contributed by atoms with Crippen LogP contribution in [0.1, 0.15) is 191 Å². The van der Waals surface area contributed by atoms with Gasteiger partial charge in [-0.25, -0.2) is 17.6 Å². The zero-order valence-electron chi connectivity index (χ0n) is 33.1. The van der Waals surface area contributed by atoms with E-state index in [-0.39, 0.29) is 11.8 Å². The Morgan fingerprint density at radius 1 is 0.472 bits per heavy atom. The third-order valence-electron chi connectivity index (χ3n) is 14.9. The van der Waals surface area contributed by atoms with Crippen molar-refractivity contribution < 1.29 is 22.3 Å². The van der Waals surface area contributed by atoms with Crippen molar-refractivity contribution in [3.05, 3.63) is 70.8 Å². The topological polar surface area (TPSA) is 9.23 Å². The molecule has 0 saturated heterocycles. The first-order valence-electron chi connectivity index (χ1n) is 22.4. The molecule has 2 aromatic rings. The van der Waals surface area contributed by atoms with E-state index >= 15 is 8.78 Å². The molecule has 0 N–H and O–H groups in total. The summed E-state index contributed by atoms with van der Waals surface area (Å²) in [5.41, 5.74) is 0.749. The molecule has 6 rings (SSSR count). The summed E-state index contributed by atoms with van der Waals surface area (Å²) in [5, 5.41) is 0. The normalized spacial score (nSPS) is 30.9. The molecule has 0 amide bonds. The lowest BCUT2D eigenvalue weighted by atomic mass is 9.67. The molecule has 0 radical (unpaired) electrons. The molecule has 0 aromatic heterocycles. The second kappa shape index (κ2) is 20.3. The first-order chi connectivity index (χ1) is 25.8. The number of halogens is 4. The van der Waals surface area contributed by atoms with Gasteiger partial charge in [0.15, 0.2) is 0 Å². The number of benzene rings is 2. The fourth-order valence-electron chi connectivity index (χ4n) is 11.6. The molecule has 296 valence electrons. The minimum atomic E-state index is -0.610. The molecule has 4 fully saturated rings. The maximum absolute atomic E-state index is 15.7. The van der Waals surface area contributed by atoms with Crippen molar-refractivity contribution in [3.8, 4) is 0 Å². The monoisotopic (exact) mass is 739 g/mol. The van der Waals surface area contributed by atoms with Crippen molar-refractivity contribution >= 4 is 0 Å². The number of unbranched alkanes of at least 4 members (excludes halogenated alkanes) is 4. The average molecular weight is 739 g/mol. The van der Waals surface area contributed by atoms with Gasteiger partial charge in [-0.2, -0.15) is 0 Å². The first kappa shape index (κ1) is 40.8. The first-order valence-corrected chi connectivity index (χ1v) is 22.4. The van der Waals surface area contributed by atoms with Crippen LogP contribution in [-0.4, -0.2) is 0 Å². The summed E-state index contributed by atoms with van der Waals surface area (Å²) in [6, 6.07) is 7.69. The average Bonchev–Trinajstić information content (AvgIpc) is 3.17. The van der Waals surface area contributed by atoms with Crippen LogP contribution in [0.25, 0.3) is 0 Å². The van der Waals surface area contributed by atoms with E-state index < -0.39 is 35.5 Å². The standard InChI is InChI=1S/C48H70F4O/c1-3-5-7-9-33-11-15-35(16-12-33)37-19-23-39(24-20-37)47(43-29-27-41(49)31-45(43)51)53-48(44-30-28-42(50)32-46(44)52)40-25-21-38(22-26-40)36-17-13-34(14-18-36)10-8-6-4-2/h27-40,47-48H,3-26H2,1-2H3/t33-,34-,35-,36-,37-,38-,39-,40-,47?,48?. The van der Waals surface area contributed by atoms with Crippen LogP contribution >= 0.6 is 0 Å². The van der Waals surface area contributed by atoms with Crippen LogP contribution in [0.15, 0.2) is 36.4 Å². The summed E-state index contributed by atoms with van der Waals surface area (Å²) < 4.78 is 67.1. The van der Waals surface area contributed by atoms with Crippen LogP contribution < -0.4 is 0 Å². The molecule has 0 bridgehead atoms. The van der Waals surface area contributed by atoms with Gasteiger partial charge in [0.2, 0.25) is 0 Å². The van der Waals surface area contributed by atoms with Crippen molar-refractivity contribution in [2.75, 3.05) is 0 Å². The second-order valence-electron chi connectivity index (χ2n) is 18.2. The summed E-state index contributed by atoms with van der Waals surface area (Å²) in [6.45, 7) is 4.56. The van der Waals surface area contributed by atoms with Crippen molar-refractivity contribution in [2.45, 2.75) is 180 Å². The Hall–Kier alpha value is -1.88. The molecular formula is C48H70F4O. The molecule has 53 heavy (non-hydrogen) atoms. The van der Waals surface area contributed by atoms with Crippen LogP contribution in [0.2, 0.25) is 0 Å². The van der Waals surface area contributed by atoms with Gasteiger partial charge in [-0.15, -0.1) is 0 Å². The third kappa shape index (κ3) is 11.1. The maximum atomic E-state index is 15.7. The Labute approximate surface area is 319 Å². The van der Waals surface area contributed by atoms with Gasteiger partial charge in [-0.1, -0.05) is 103 Å². The summed E-state index contributed by atoms with van der Waals surface area (Å²) in [5.74, 6) is 2.43. The zero-order chi connectivity index (χ0) is 37.2. The van der Waals surface area contributed by atoms with E-state index in [1.807, 2.05) is 0 Å². The minimum Gasteiger partial charge on any atom is -0.365 e. The van der Waals surface area contributed by atoms with Crippen LogP contribution in [0.3, 0.4) is 0 Å². The van der Waals surface area contributed by atoms with Gasteiger partial charge in [0.1, 0.15) is 23.3 Å². The van der Waals surface area contributed by atoms with Gasteiger partial charge >= 0.3 is 0 Å². The highest BCUT2D eigenvalue weighted by Crippen LogP contribution is 2.51. The third-order valence-corrected chi connectivity index (χ3v) is 14.9. The molecule has 4 aliphatic carbocycles. The number of hydrogen-bond donors (Lipinski definition) is 0. The largest absolute Gasteiger partial charge is 0.365 e. The predicted molar refractivity (Wildman–Crippen MR) is 209 cm³/mol. The van der Waals surface area contributed by atoms with Gasteiger partial charge in [0.25, 0.3) is 0 Å². The fourth-order valence-corrected chi connectivity index (χ4v) is 11.6. The highest BCUT2D eigenvalue weighted by Gasteiger charge is 2.40. The minimum absolute atomic E-state index is 0.0615. The lowest BCUT2D eigenvalue weighted by molar-refractivity contribution is -0.0959. The van der Waals surface area contributed by atoms with Gasteiger partial charge in [0.05, 0.1) is 12.2 Å². The molecule has 2 atom stereocenters. The quantitative estimate of drug-likeness (QED) is 0.123. The molecule has 5 heteroatoms. The van der Waals surface area contributed by atoms with Crippen molar-refractivity contribution in [1.29, 1.82) is 0 Å². The molecule has 0 spiro atoms. The molecular weight excluding hydrogens is 669 g/mol. The van der Waals surface area contributed by atoms with E-state index in [0.717, 1.165) is 87.2 Å². The van der Waals surface area contributed by atoms with Gasteiger partial charge in [-0.3, -0.25) is 0 Å². The lowest BCUT2D eigenvalue weighted by Crippen LogP contribution is -2.32. The Bertz CT molecular complexity index is 1260. The molecule has 0 heterocycles. The highest BCUT2D eigenvalue weighted by molar-refractivity contribution is 5.25. The molecule has 4 saturated carbocycles. The van der Waals surface area contributed by atoms with Gasteiger partial charge < -0.3 is 4.74 Å². The van der Waals surface area contributed by atoms with Crippen molar-refractivity contribution in [1.82, 2.24) is 0 Å². The molecule has 0 aliphatic heterocycles. The Morgan fingerprint density at radius 3 is 1.13 bits per heavy atom. The number of rotatable bonds is 16. The second-order valence-corrected chi connectivity index (χ2v) is 18.2. The molecule has 4 aliphatic rings. The highest BCUT2D eigenvalue weighted by atomic mass is 19.1. The Kier molecular flexibility index (Phi) is 15.6. The Morgan fingerprint density at radius 2 is 0.811 bits per heavy atom. The molecule has 1 nitrogen and oxygen atoms in total. The lowest BCUT2D eigenvalue weighted by Gasteiger charge is -2.43. The molecule has 2 aromatic carbocycles. The number of ether oxygens (including phenoxy) is 1. The maximum Gasteiger partial charge on any atom is 0.131 e. The predicted octanol–water partition coefficient (Wildman–Crippen LogP) is 15.4. The van der Waals surface area contributed by atoms with E-state index in [0.29, 0.717) is 23.0 Å². The van der Waals surface area contributed by atoms with E-state index in [1.165, 1.54) is 115 Å². The van der Waals surface area contributed by atoms with E-state index in [9.17, 15) is 8.78 Å². The van der Waals surface area contributed by atoms with Crippen LogP contribution in [-0.2, 0) is 4.74 Å². The SMILES string of the molecule is CCCCC[C@H]1CC[C@H]([C@H]2CC[C@H](C(OC(c3ccc(F)cc3F)[C@H]3CC[C@H]([C@H]4CC[C@H](CCCCC)CC4)CC3)c3ccc(F)cc3F)CC2)CC1. The van der Waals surface area contributed by atoms with Crippen LogP contribution in [0, 0.1) is 70.6 Å². The summed E-state index contributed by atoms with van der Waals surface area (Å²) in [4.78, 5) is 0. The van der Waals surface area contributed by atoms with E-state index in [4.69, 9.17) is 4.74 Å². The van der Waals surface area contributed by atoms with Crippen molar-refractivity contribution in [3.63, 3.8) is 0 Å². The fraction of sp³-hybridized carbons (Fsp3) is 0.750. The van der Waals surface area contributed by atoms with Crippen molar-refractivity contribution in [2.24, 2.45) is 47.3 Å². The van der Waals surface area contributed by atoms with Crippen LogP contribution in [0.4, 0.5) is 17.6 Å². The summed E-state index contributed by atoms with van der Waals surface area (Å²) in [6.07, 6.45) is 28.4. The summed E-state index contributed by atoms with van der Waals surface area (Å²) >= 11 is 0. The molecule has 2 unspecified atom stereocenters. The van der Waals surface area contributed by atoms with Gasteiger partial charge in [0, 0.05) is 23.3 Å².